The summed E-state index contributed by atoms with van der Waals surface area (Å²) in [5.74, 6) is 1.89. The summed E-state index contributed by atoms with van der Waals surface area (Å²) >= 11 is 0. The molecule has 1 aliphatic heterocycles. The molecule has 0 aromatic carbocycles. The SMILES string of the molecule is C=C(C)CN1CCC(NC(=NC)NCCn2cnnc2CC)CC1.I. The van der Waals surface area contributed by atoms with Gasteiger partial charge in [0.25, 0.3) is 0 Å². The molecule has 1 aliphatic rings. The van der Waals surface area contributed by atoms with Crippen LogP contribution in [0.3, 0.4) is 0 Å². The highest BCUT2D eigenvalue weighted by atomic mass is 127. The zero-order valence-corrected chi connectivity index (χ0v) is 18.0. The normalized spacial score (nSPS) is 16.4. The molecule has 1 fully saturated rings. The third-order valence-corrected chi connectivity index (χ3v) is 4.30. The number of rotatable bonds is 7. The van der Waals surface area contributed by atoms with Gasteiger partial charge in [-0.15, -0.1) is 34.2 Å². The predicted octanol–water partition coefficient (Wildman–Crippen LogP) is 1.66. The van der Waals surface area contributed by atoms with Gasteiger partial charge in [0.1, 0.15) is 12.2 Å². The van der Waals surface area contributed by atoms with Gasteiger partial charge in [-0.05, 0) is 19.8 Å². The molecule has 142 valence electrons. The lowest BCUT2D eigenvalue weighted by Gasteiger charge is -2.33. The molecule has 2 rings (SSSR count). The molecule has 2 N–H and O–H groups in total. The van der Waals surface area contributed by atoms with Crippen molar-refractivity contribution in [3.63, 3.8) is 0 Å². The Morgan fingerprint density at radius 1 is 1.40 bits per heavy atom. The third-order valence-electron chi connectivity index (χ3n) is 4.30. The monoisotopic (exact) mass is 461 g/mol. The summed E-state index contributed by atoms with van der Waals surface area (Å²) in [5.41, 5.74) is 1.24. The first kappa shape index (κ1) is 21.9. The van der Waals surface area contributed by atoms with E-state index in [4.69, 9.17) is 0 Å². The van der Waals surface area contributed by atoms with Gasteiger partial charge in [-0.2, -0.15) is 0 Å². The standard InChI is InChI=1S/C17H31N7.HI/c1-5-16-22-20-13-24(16)11-8-19-17(18-4)21-15-6-9-23(10-7-15)12-14(2)3;/h13,15H,2,5-12H2,1,3-4H3,(H2,18,19,21);1H. The van der Waals surface area contributed by atoms with E-state index in [1.165, 1.54) is 5.57 Å². The molecule has 0 amide bonds. The van der Waals surface area contributed by atoms with Crippen molar-refractivity contribution in [2.45, 2.75) is 45.7 Å². The van der Waals surface area contributed by atoms with Crippen molar-refractivity contribution >= 4 is 29.9 Å². The van der Waals surface area contributed by atoms with Crippen molar-refractivity contribution in [3.05, 3.63) is 24.3 Å². The first-order chi connectivity index (χ1) is 11.6. The smallest absolute Gasteiger partial charge is 0.191 e. The fourth-order valence-electron chi connectivity index (χ4n) is 3.04. The maximum Gasteiger partial charge on any atom is 0.191 e. The number of guanidine groups is 1. The van der Waals surface area contributed by atoms with Gasteiger partial charge < -0.3 is 15.2 Å². The second-order valence-electron chi connectivity index (χ2n) is 6.44. The largest absolute Gasteiger partial charge is 0.355 e. The molecule has 0 atom stereocenters. The van der Waals surface area contributed by atoms with Crippen LogP contribution < -0.4 is 10.6 Å². The summed E-state index contributed by atoms with van der Waals surface area (Å²) in [6, 6.07) is 0.485. The molecule has 7 nitrogen and oxygen atoms in total. The minimum atomic E-state index is 0. The molecule has 0 bridgehead atoms. The van der Waals surface area contributed by atoms with E-state index in [-0.39, 0.29) is 24.0 Å². The van der Waals surface area contributed by atoms with Gasteiger partial charge in [0.15, 0.2) is 5.96 Å². The maximum atomic E-state index is 4.34. The zero-order chi connectivity index (χ0) is 17.4. The minimum Gasteiger partial charge on any atom is -0.355 e. The van der Waals surface area contributed by atoms with E-state index in [0.29, 0.717) is 6.04 Å². The number of aromatic nitrogens is 3. The van der Waals surface area contributed by atoms with E-state index in [1.54, 1.807) is 6.33 Å². The Bertz CT molecular complexity index is 547. The number of hydrogen-bond donors (Lipinski definition) is 2. The molecule has 0 radical (unpaired) electrons. The summed E-state index contributed by atoms with van der Waals surface area (Å²) in [4.78, 5) is 6.80. The molecule has 0 unspecified atom stereocenters. The zero-order valence-electron chi connectivity index (χ0n) is 15.7. The number of halogens is 1. The summed E-state index contributed by atoms with van der Waals surface area (Å²) in [7, 11) is 1.82. The van der Waals surface area contributed by atoms with Crippen molar-refractivity contribution in [3.8, 4) is 0 Å². The summed E-state index contributed by atoms with van der Waals surface area (Å²) in [6.07, 6.45) is 4.96. The van der Waals surface area contributed by atoms with Crippen molar-refractivity contribution in [1.82, 2.24) is 30.3 Å². The molecule has 1 aromatic rings. The summed E-state index contributed by atoms with van der Waals surface area (Å²) < 4.78 is 2.08. The van der Waals surface area contributed by atoms with Crippen LogP contribution in [0, 0.1) is 0 Å². The highest BCUT2D eigenvalue weighted by Gasteiger charge is 2.19. The maximum absolute atomic E-state index is 4.34. The third kappa shape index (κ3) is 7.31. The van der Waals surface area contributed by atoms with Crippen LogP contribution in [0.1, 0.15) is 32.5 Å². The highest BCUT2D eigenvalue weighted by molar-refractivity contribution is 14.0. The van der Waals surface area contributed by atoms with E-state index < -0.39 is 0 Å². The van der Waals surface area contributed by atoms with Gasteiger partial charge in [-0.3, -0.25) is 9.89 Å². The highest BCUT2D eigenvalue weighted by Crippen LogP contribution is 2.11. The van der Waals surface area contributed by atoms with E-state index in [9.17, 15) is 0 Å². The first-order valence-corrected chi connectivity index (χ1v) is 8.83. The summed E-state index contributed by atoms with van der Waals surface area (Å²) in [5, 5.41) is 15.0. The quantitative estimate of drug-likeness (QED) is 0.280. The van der Waals surface area contributed by atoms with Crippen LogP contribution in [0.15, 0.2) is 23.5 Å². The minimum absolute atomic E-state index is 0. The number of aliphatic imine (C=N–C) groups is 1. The Morgan fingerprint density at radius 2 is 2.12 bits per heavy atom. The molecule has 1 aromatic heterocycles. The van der Waals surface area contributed by atoms with Crippen molar-refractivity contribution in [1.29, 1.82) is 0 Å². The number of likely N-dealkylation sites (tertiary alicyclic amines) is 1. The van der Waals surface area contributed by atoms with Gasteiger partial charge in [-0.1, -0.05) is 19.1 Å². The average Bonchev–Trinajstić information content (AvgIpc) is 3.02. The second kappa shape index (κ2) is 11.5. The van der Waals surface area contributed by atoms with Crippen LogP contribution in [0.4, 0.5) is 0 Å². The lowest BCUT2D eigenvalue weighted by atomic mass is 10.0. The Hall–Kier alpha value is -1.16. The molecule has 0 aliphatic carbocycles. The van der Waals surface area contributed by atoms with Crippen LogP contribution in [0.25, 0.3) is 0 Å². The second-order valence-corrected chi connectivity index (χ2v) is 6.44. The number of hydrogen-bond acceptors (Lipinski definition) is 4. The Balaban J connectivity index is 0.00000312. The first-order valence-electron chi connectivity index (χ1n) is 8.83. The van der Waals surface area contributed by atoms with Crippen LogP contribution in [-0.4, -0.2) is 64.9 Å². The Labute approximate surface area is 168 Å². The van der Waals surface area contributed by atoms with Gasteiger partial charge in [0.2, 0.25) is 0 Å². The molecule has 0 saturated carbocycles. The fraction of sp³-hybridized carbons (Fsp3) is 0.706. The molecule has 25 heavy (non-hydrogen) atoms. The lowest BCUT2D eigenvalue weighted by Crippen LogP contribution is -2.49. The fourth-order valence-corrected chi connectivity index (χ4v) is 3.04. The number of nitrogens with one attached hydrogen (secondary N) is 2. The molecule has 2 heterocycles. The topological polar surface area (TPSA) is 70.4 Å². The van der Waals surface area contributed by atoms with Gasteiger partial charge in [0.05, 0.1) is 0 Å². The van der Waals surface area contributed by atoms with E-state index in [0.717, 1.165) is 63.8 Å². The summed E-state index contributed by atoms with van der Waals surface area (Å²) in [6.45, 7) is 13.1. The number of nitrogens with zero attached hydrogens (tertiary/aromatic N) is 5. The molecule has 1 saturated heterocycles. The molecule has 8 heteroatoms. The van der Waals surface area contributed by atoms with Gasteiger partial charge in [0, 0.05) is 52.2 Å². The van der Waals surface area contributed by atoms with Gasteiger partial charge >= 0.3 is 0 Å². The van der Waals surface area contributed by atoms with Crippen LogP contribution in [-0.2, 0) is 13.0 Å². The van der Waals surface area contributed by atoms with Crippen molar-refractivity contribution in [2.75, 3.05) is 33.2 Å². The lowest BCUT2D eigenvalue weighted by molar-refractivity contribution is 0.221. The molecule has 0 spiro atoms. The molecular formula is C17H32IN7. The predicted molar refractivity (Wildman–Crippen MR) is 114 cm³/mol. The van der Waals surface area contributed by atoms with Gasteiger partial charge in [-0.25, -0.2) is 0 Å². The number of piperidine rings is 1. The van der Waals surface area contributed by atoms with E-state index >= 15 is 0 Å². The number of aryl methyl sites for hydroxylation is 1. The van der Waals surface area contributed by atoms with Crippen LogP contribution in [0.2, 0.25) is 0 Å². The van der Waals surface area contributed by atoms with E-state index in [2.05, 4.69) is 55.7 Å². The Kier molecular flexibility index (Phi) is 10.0. The van der Waals surface area contributed by atoms with Crippen LogP contribution in [0.5, 0.6) is 0 Å². The van der Waals surface area contributed by atoms with E-state index in [1.807, 2.05) is 7.05 Å². The van der Waals surface area contributed by atoms with Crippen LogP contribution >= 0.6 is 24.0 Å². The molecular weight excluding hydrogens is 429 g/mol. The van der Waals surface area contributed by atoms with Crippen molar-refractivity contribution < 1.29 is 0 Å². The average molecular weight is 461 g/mol. The Morgan fingerprint density at radius 3 is 2.72 bits per heavy atom. The van der Waals surface area contributed by atoms with Crippen molar-refractivity contribution in [2.24, 2.45) is 4.99 Å².